The summed E-state index contributed by atoms with van der Waals surface area (Å²) in [6, 6.07) is 4.52. The van der Waals surface area contributed by atoms with Gasteiger partial charge in [-0.1, -0.05) is 0 Å². The van der Waals surface area contributed by atoms with Crippen LogP contribution in [-0.2, 0) is 4.74 Å². The number of carbonyl (C=O) groups is 1. The first kappa shape index (κ1) is 13.2. The lowest BCUT2D eigenvalue weighted by Gasteiger charge is -2.34. The summed E-state index contributed by atoms with van der Waals surface area (Å²) in [4.78, 5) is 12.0. The Morgan fingerprint density at radius 3 is 2.72 bits per heavy atom. The van der Waals surface area contributed by atoms with Gasteiger partial charge in [-0.3, -0.25) is 4.79 Å². The van der Waals surface area contributed by atoms with Crippen molar-refractivity contribution in [2.75, 3.05) is 6.61 Å². The second kappa shape index (κ2) is 5.61. The average molecular weight is 250 g/mol. The van der Waals surface area contributed by atoms with Gasteiger partial charge in [0.05, 0.1) is 6.10 Å². The lowest BCUT2D eigenvalue weighted by molar-refractivity contribution is -0.0246. The highest BCUT2D eigenvalue weighted by molar-refractivity contribution is 5.96. The van der Waals surface area contributed by atoms with Gasteiger partial charge in [-0.15, -0.1) is 0 Å². The molecule has 0 atom stereocenters. The molecule has 0 aromatic heterocycles. The van der Waals surface area contributed by atoms with E-state index in [2.05, 4.69) is 0 Å². The number of ketones is 1. The lowest BCUT2D eigenvalue weighted by Crippen LogP contribution is -2.32. The van der Waals surface area contributed by atoms with Gasteiger partial charge in [-0.05, 0) is 56.4 Å². The standard InChI is InChI=1S/C15H19FO2/c1-3-18-14-6-11(7-14)8-15(17)12-4-10(2)5-13(16)9-12/h4-5,9,11,14H,3,6-8H2,1-2H3. The van der Waals surface area contributed by atoms with Crippen molar-refractivity contribution in [2.45, 2.75) is 39.2 Å². The van der Waals surface area contributed by atoms with Crippen LogP contribution >= 0.6 is 0 Å². The zero-order valence-corrected chi connectivity index (χ0v) is 10.9. The third kappa shape index (κ3) is 3.16. The van der Waals surface area contributed by atoms with Crippen molar-refractivity contribution in [1.82, 2.24) is 0 Å². The van der Waals surface area contributed by atoms with Gasteiger partial charge in [-0.2, -0.15) is 0 Å². The molecule has 0 saturated heterocycles. The molecule has 1 fully saturated rings. The summed E-state index contributed by atoms with van der Waals surface area (Å²) < 4.78 is 18.7. The number of aryl methyl sites for hydroxylation is 1. The lowest BCUT2D eigenvalue weighted by atomic mass is 9.78. The van der Waals surface area contributed by atoms with E-state index in [1.165, 1.54) is 12.1 Å². The molecule has 0 unspecified atom stereocenters. The highest BCUT2D eigenvalue weighted by atomic mass is 19.1. The van der Waals surface area contributed by atoms with Crippen LogP contribution in [0.25, 0.3) is 0 Å². The number of halogens is 1. The Morgan fingerprint density at radius 2 is 2.11 bits per heavy atom. The SMILES string of the molecule is CCOC1CC(CC(=O)c2cc(C)cc(F)c2)C1. The number of rotatable bonds is 5. The highest BCUT2D eigenvalue weighted by Crippen LogP contribution is 2.33. The Hall–Kier alpha value is -1.22. The quantitative estimate of drug-likeness (QED) is 0.747. The number of hydrogen-bond donors (Lipinski definition) is 0. The molecule has 0 radical (unpaired) electrons. The highest BCUT2D eigenvalue weighted by Gasteiger charge is 2.31. The van der Waals surface area contributed by atoms with Crippen LogP contribution in [0.4, 0.5) is 4.39 Å². The fourth-order valence-corrected chi connectivity index (χ4v) is 2.49. The van der Waals surface area contributed by atoms with Crippen molar-refractivity contribution in [2.24, 2.45) is 5.92 Å². The molecule has 0 bridgehead atoms. The first-order valence-electron chi connectivity index (χ1n) is 6.50. The molecule has 1 saturated carbocycles. The monoisotopic (exact) mass is 250 g/mol. The van der Waals surface area contributed by atoms with Gasteiger partial charge in [0.1, 0.15) is 5.82 Å². The summed E-state index contributed by atoms with van der Waals surface area (Å²) in [6.45, 7) is 4.51. The summed E-state index contributed by atoms with van der Waals surface area (Å²) in [5.74, 6) is 0.106. The van der Waals surface area contributed by atoms with Crippen LogP contribution < -0.4 is 0 Å². The van der Waals surface area contributed by atoms with Crippen molar-refractivity contribution < 1.29 is 13.9 Å². The first-order chi connectivity index (χ1) is 8.58. The molecular formula is C15H19FO2. The summed E-state index contributed by atoms with van der Waals surface area (Å²) in [6.07, 6.45) is 2.73. The Bertz CT molecular complexity index is 416. The summed E-state index contributed by atoms with van der Waals surface area (Å²) in [7, 11) is 0. The topological polar surface area (TPSA) is 26.3 Å². The zero-order chi connectivity index (χ0) is 13.1. The molecule has 18 heavy (non-hydrogen) atoms. The molecule has 0 N–H and O–H groups in total. The van der Waals surface area contributed by atoms with Gasteiger partial charge in [-0.25, -0.2) is 4.39 Å². The summed E-state index contributed by atoms with van der Waals surface area (Å²) in [5.41, 5.74) is 1.28. The first-order valence-corrected chi connectivity index (χ1v) is 6.50. The van der Waals surface area contributed by atoms with Crippen molar-refractivity contribution in [1.29, 1.82) is 0 Å². The van der Waals surface area contributed by atoms with Gasteiger partial charge in [0.15, 0.2) is 5.78 Å². The van der Waals surface area contributed by atoms with Gasteiger partial charge in [0, 0.05) is 18.6 Å². The molecule has 2 rings (SSSR count). The molecule has 2 nitrogen and oxygen atoms in total. The maximum atomic E-state index is 13.2. The summed E-state index contributed by atoms with van der Waals surface area (Å²) in [5, 5.41) is 0. The van der Waals surface area contributed by atoms with Crippen molar-refractivity contribution in [3.63, 3.8) is 0 Å². The van der Waals surface area contributed by atoms with E-state index in [0.717, 1.165) is 25.0 Å². The fraction of sp³-hybridized carbons (Fsp3) is 0.533. The Labute approximate surface area is 107 Å². The van der Waals surface area contributed by atoms with Crippen LogP contribution in [0, 0.1) is 18.7 Å². The van der Waals surface area contributed by atoms with Gasteiger partial charge in [0.25, 0.3) is 0 Å². The number of carbonyl (C=O) groups excluding carboxylic acids is 1. The van der Waals surface area contributed by atoms with Crippen LogP contribution in [0.2, 0.25) is 0 Å². The second-order valence-electron chi connectivity index (χ2n) is 5.06. The van der Waals surface area contributed by atoms with E-state index in [4.69, 9.17) is 4.74 Å². The molecule has 98 valence electrons. The minimum absolute atomic E-state index is 0.0394. The fourth-order valence-electron chi connectivity index (χ4n) is 2.49. The molecule has 1 aliphatic carbocycles. The van der Waals surface area contributed by atoms with Crippen LogP contribution in [-0.4, -0.2) is 18.5 Å². The van der Waals surface area contributed by atoms with Crippen molar-refractivity contribution in [3.8, 4) is 0 Å². The van der Waals surface area contributed by atoms with Crippen LogP contribution in [0.3, 0.4) is 0 Å². The van der Waals surface area contributed by atoms with Gasteiger partial charge >= 0.3 is 0 Å². The molecule has 3 heteroatoms. The predicted octanol–water partition coefficient (Wildman–Crippen LogP) is 3.52. The molecular weight excluding hydrogens is 231 g/mol. The van der Waals surface area contributed by atoms with Crippen LogP contribution in [0.5, 0.6) is 0 Å². The van der Waals surface area contributed by atoms with Gasteiger partial charge < -0.3 is 4.74 Å². The van der Waals surface area contributed by atoms with Crippen molar-refractivity contribution in [3.05, 3.63) is 35.1 Å². The van der Waals surface area contributed by atoms with E-state index in [1.54, 1.807) is 13.0 Å². The number of Topliss-reactive ketones (excluding diaryl/α,β-unsaturated/α-hetero) is 1. The van der Waals surface area contributed by atoms with E-state index in [-0.39, 0.29) is 11.6 Å². The summed E-state index contributed by atoms with van der Waals surface area (Å²) >= 11 is 0. The molecule has 0 amide bonds. The maximum absolute atomic E-state index is 13.2. The molecule has 1 aromatic rings. The van der Waals surface area contributed by atoms with Crippen molar-refractivity contribution >= 4 is 5.78 Å². The average Bonchev–Trinajstić information content (AvgIpc) is 2.24. The van der Waals surface area contributed by atoms with E-state index in [0.29, 0.717) is 24.0 Å². The third-order valence-electron chi connectivity index (χ3n) is 3.43. The maximum Gasteiger partial charge on any atom is 0.163 e. The third-order valence-corrected chi connectivity index (χ3v) is 3.43. The predicted molar refractivity (Wildman–Crippen MR) is 68.2 cm³/mol. The van der Waals surface area contributed by atoms with E-state index in [1.807, 2.05) is 6.92 Å². The Balaban J connectivity index is 1.89. The zero-order valence-electron chi connectivity index (χ0n) is 10.9. The number of benzene rings is 1. The molecule has 0 heterocycles. The van der Waals surface area contributed by atoms with E-state index < -0.39 is 0 Å². The van der Waals surface area contributed by atoms with E-state index in [9.17, 15) is 9.18 Å². The minimum atomic E-state index is -0.334. The normalized spacial score (nSPS) is 22.6. The smallest absolute Gasteiger partial charge is 0.163 e. The minimum Gasteiger partial charge on any atom is -0.378 e. The molecule has 0 aliphatic heterocycles. The Morgan fingerprint density at radius 1 is 1.39 bits per heavy atom. The number of hydrogen-bond acceptors (Lipinski definition) is 2. The van der Waals surface area contributed by atoms with Crippen LogP contribution in [0.15, 0.2) is 18.2 Å². The second-order valence-corrected chi connectivity index (χ2v) is 5.06. The Kier molecular flexibility index (Phi) is 4.12. The molecule has 1 aliphatic rings. The van der Waals surface area contributed by atoms with E-state index >= 15 is 0 Å². The molecule has 1 aromatic carbocycles. The van der Waals surface area contributed by atoms with Gasteiger partial charge in [0.2, 0.25) is 0 Å². The molecule has 0 spiro atoms. The number of ether oxygens (including phenoxy) is 1. The van der Waals surface area contributed by atoms with Crippen LogP contribution in [0.1, 0.15) is 42.1 Å². The largest absolute Gasteiger partial charge is 0.378 e.